The first-order chi connectivity index (χ1) is 42.9. The summed E-state index contributed by atoms with van der Waals surface area (Å²) in [7, 11) is 0. The molecule has 558 valence electrons. The van der Waals surface area contributed by atoms with Crippen LogP contribution >= 0.6 is 0 Å². The van der Waals surface area contributed by atoms with E-state index in [4.69, 9.17) is 81.7 Å². The van der Waals surface area contributed by atoms with Crippen molar-refractivity contribution in [2.75, 3.05) is 132 Å². The van der Waals surface area contributed by atoms with Crippen LogP contribution in [0.4, 0.5) is 0 Å². The zero-order valence-electron chi connectivity index (χ0n) is 61.1. The van der Waals surface area contributed by atoms with Crippen LogP contribution < -0.4 is 0 Å². The van der Waals surface area contributed by atoms with Crippen LogP contribution in [0.3, 0.4) is 0 Å². The molecular formula is C71H154O20. The molecule has 0 aromatic heterocycles. The van der Waals surface area contributed by atoms with Gasteiger partial charge in [0.2, 0.25) is 0 Å². The van der Waals surface area contributed by atoms with Crippen molar-refractivity contribution in [3.8, 4) is 0 Å². The number of unbranched alkanes of at least 4 members (excludes halogenated alkanes) is 2. The molecule has 0 unspecified atom stereocenters. The molecule has 91 heavy (non-hydrogen) atoms. The van der Waals surface area contributed by atoms with Gasteiger partial charge in [0.05, 0.1) is 106 Å². The fraction of sp³-hybridized carbons (Fsp3) is 0.915. The van der Waals surface area contributed by atoms with E-state index in [1.165, 1.54) is 0 Å². The third kappa shape index (κ3) is 66.8. The summed E-state index contributed by atoms with van der Waals surface area (Å²) in [5.74, 6) is 2.20. The largest absolute Gasteiger partial charge is 0.396 e. The Kier molecular flexibility index (Phi) is 88.2. The Balaban J connectivity index is -0.000000119. The molecule has 0 aliphatic carbocycles. The Morgan fingerprint density at radius 1 is 0.297 bits per heavy atom. The van der Waals surface area contributed by atoms with E-state index in [0.717, 1.165) is 115 Å². The molecule has 0 aliphatic rings. The van der Waals surface area contributed by atoms with Gasteiger partial charge < -0.3 is 102 Å². The van der Waals surface area contributed by atoms with E-state index >= 15 is 0 Å². The second kappa shape index (κ2) is 74.2. The monoisotopic (exact) mass is 1330 g/mol. The van der Waals surface area contributed by atoms with E-state index in [1.807, 2.05) is 78.8 Å². The predicted molar refractivity (Wildman–Crippen MR) is 373 cm³/mol. The molecular weight excluding hydrogens is 1170 g/mol. The van der Waals surface area contributed by atoms with Gasteiger partial charge in [-0.3, -0.25) is 0 Å². The Bertz CT molecular complexity index is 1380. The molecule has 0 aliphatic heterocycles. The number of aliphatic hydroxyl groups excluding tert-OH is 20. The van der Waals surface area contributed by atoms with Gasteiger partial charge in [-0.25, -0.2) is 0 Å². The smallest absolute Gasteiger partial charge is 0.0662 e. The number of aliphatic hydroxyl groups is 20. The van der Waals surface area contributed by atoms with Gasteiger partial charge in [-0.2, -0.15) is 0 Å². The lowest BCUT2D eigenvalue weighted by molar-refractivity contribution is 0.0198. The summed E-state index contributed by atoms with van der Waals surface area (Å²) in [5, 5.41) is 173. The Morgan fingerprint density at radius 2 is 0.626 bits per heavy atom. The molecule has 0 fully saturated rings. The summed E-state index contributed by atoms with van der Waals surface area (Å²) >= 11 is 0. The molecule has 0 spiro atoms. The van der Waals surface area contributed by atoms with Crippen molar-refractivity contribution < 1.29 is 102 Å². The fourth-order valence-corrected chi connectivity index (χ4v) is 8.09. The zero-order valence-corrected chi connectivity index (χ0v) is 61.1. The summed E-state index contributed by atoms with van der Waals surface area (Å²) in [4.78, 5) is 0. The van der Waals surface area contributed by atoms with Crippen molar-refractivity contribution in [1.82, 2.24) is 0 Å². The van der Waals surface area contributed by atoms with Crippen molar-refractivity contribution >= 4 is 0 Å². The fourth-order valence-electron chi connectivity index (χ4n) is 8.09. The van der Waals surface area contributed by atoms with Gasteiger partial charge in [0.1, 0.15) is 0 Å². The van der Waals surface area contributed by atoms with E-state index in [-0.39, 0.29) is 171 Å². The van der Waals surface area contributed by atoms with Gasteiger partial charge in [-0.15, -0.1) is 0 Å². The first kappa shape index (κ1) is 108. The van der Waals surface area contributed by atoms with Gasteiger partial charge in [-0.05, 0) is 113 Å². The molecule has 0 saturated heterocycles. The summed E-state index contributed by atoms with van der Waals surface area (Å²) in [5.41, 5.74) is -0.473. The maximum Gasteiger partial charge on any atom is 0.0662 e. The average molecular weight is 1330 g/mol. The molecule has 0 saturated carbocycles. The maximum atomic E-state index is 9.44. The van der Waals surface area contributed by atoms with Crippen molar-refractivity contribution in [1.29, 1.82) is 0 Å². The van der Waals surface area contributed by atoms with Crippen LogP contribution in [0.25, 0.3) is 0 Å². The van der Waals surface area contributed by atoms with Crippen LogP contribution in [-0.2, 0) is 0 Å². The lowest BCUT2D eigenvalue weighted by atomic mass is 9.75. The van der Waals surface area contributed by atoms with Crippen molar-refractivity contribution in [2.45, 2.75) is 232 Å². The van der Waals surface area contributed by atoms with Crippen LogP contribution in [0.1, 0.15) is 238 Å². The second-order valence-electron chi connectivity index (χ2n) is 26.7. The quantitative estimate of drug-likeness (QED) is 0.0288. The topological polar surface area (TPSA) is 405 Å². The molecule has 1 aromatic rings. The third-order valence-corrected chi connectivity index (χ3v) is 16.1. The highest BCUT2D eigenvalue weighted by atomic mass is 16.3. The Morgan fingerprint density at radius 3 is 0.791 bits per heavy atom. The highest BCUT2D eigenvalue weighted by molar-refractivity contribution is 5.19. The number of benzene rings is 1. The van der Waals surface area contributed by atoms with Crippen LogP contribution in [0.15, 0.2) is 30.3 Å². The SMILES string of the molecule is CC(C)CC(CO)(CO)CC(C)C.CC(C)CCC(CO)(CO)CCC(C)C.CCC(C)(CO)CO.CCC(CC)(CO)CO.CCCC(C)(CO)CO.CCCCC(CC)(CO)CO.OCC(CO)c1ccccc1.OCCCCO.OCCCO.OCCO. The zero-order chi connectivity index (χ0) is 72.9. The van der Waals surface area contributed by atoms with Gasteiger partial charge >= 0.3 is 0 Å². The minimum absolute atomic E-state index is 0.000509. The van der Waals surface area contributed by atoms with E-state index in [0.29, 0.717) is 30.1 Å². The minimum atomic E-state index is -0.264. The third-order valence-electron chi connectivity index (χ3n) is 16.1. The summed E-state index contributed by atoms with van der Waals surface area (Å²) < 4.78 is 0. The van der Waals surface area contributed by atoms with E-state index < -0.39 is 0 Å². The minimum Gasteiger partial charge on any atom is -0.396 e. The molecule has 20 heteroatoms. The van der Waals surface area contributed by atoms with Crippen LogP contribution in [0.5, 0.6) is 0 Å². The number of hydrogen-bond acceptors (Lipinski definition) is 20. The molecule has 20 N–H and O–H groups in total. The van der Waals surface area contributed by atoms with Crippen LogP contribution in [-0.4, -0.2) is 234 Å². The average Bonchev–Trinajstić information content (AvgIpc) is 1.66. The normalized spacial score (nSPS) is 11.5. The van der Waals surface area contributed by atoms with Crippen molar-refractivity contribution in [3.63, 3.8) is 0 Å². The predicted octanol–water partition coefficient (Wildman–Crippen LogP) is 7.22. The maximum absolute atomic E-state index is 9.44. The molecule has 0 radical (unpaired) electrons. The highest BCUT2D eigenvalue weighted by Gasteiger charge is 2.31. The lowest BCUT2D eigenvalue weighted by Crippen LogP contribution is -2.33. The Hall–Kier alpha value is -1.58. The Labute approximate surface area is 556 Å². The standard InChI is InChI=1S/C13H28O2.C11H24O2.C9H12O2.C9H20O2.2C7H16O2.C6H14O2.C4H10O2.C3H8O2.C2H6O2/c1-11(2)5-7-13(9-14,10-15)8-6-12(3)4;1-9(2)5-11(7-12,8-13)6-10(3)4;10-6-9(7-11)8-4-2-1-3-5-8;1-3-5-6-9(4-2,7-10)8-11;1-3-4-7(2,5-8)6-9;1-3-7(4-2,5-8)6-9;1-3-6(2,4-7)5-8;5-3-1-2-4-6;4-2-1-3-5;3-1-2-4/h11-12,14-15H,5-10H2,1-4H3;9-10,12-13H,5-8H2,1-4H3;1-5,9-11H,6-7H2;10-11H,3-8H2,1-2H3;2*8-9H,3-6H2,1-2H3;7-8H,3-5H2,1-2H3;5-6H,1-4H2;4-5H,1-3H2;3-4H,1-2H2. The second-order valence-corrected chi connectivity index (χ2v) is 26.7. The van der Waals surface area contributed by atoms with E-state index in [2.05, 4.69) is 62.3 Å². The van der Waals surface area contributed by atoms with Crippen LogP contribution in [0, 0.1) is 56.2 Å². The van der Waals surface area contributed by atoms with Gasteiger partial charge in [0.25, 0.3) is 0 Å². The molecule has 0 atom stereocenters. The molecule has 0 heterocycles. The van der Waals surface area contributed by atoms with Gasteiger partial charge in [-0.1, -0.05) is 173 Å². The molecule has 0 amide bonds. The van der Waals surface area contributed by atoms with E-state index in [1.54, 1.807) is 0 Å². The highest BCUT2D eigenvalue weighted by Crippen LogP contribution is 2.34. The summed E-state index contributed by atoms with van der Waals surface area (Å²) in [6, 6.07) is 9.50. The number of hydrogen-bond donors (Lipinski definition) is 20. The molecule has 20 nitrogen and oxygen atoms in total. The number of rotatable bonds is 40. The van der Waals surface area contributed by atoms with Crippen LogP contribution in [0.2, 0.25) is 0 Å². The first-order valence-electron chi connectivity index (χ1n) is 34.1. The van der Waals surface area contributed by atoms with Crippen molar-refractivity contribution in [2.24, 2.45) is 56.2 Å². The van der Waals surface area contributed by atoms with E-state index in [9.17, 15) is 20.4 Å². The first-order valence-corrected chi connectivity index (χ1v) is 34.1. The molecule has 1 aromatic carbocycles. The summed E-state index contributed by atoms with van der Waals surface area (Å²) in [6.07, 6.45) is 16.2. The molecule has 1 rings (SSSR count). The summed E-state index contributed by atoms with van der Waals surface area (Å²) in [6.45, 7) is 34.5. The lowest BCUT2D eigenvalue weighted by Gasteiger charge is -2.33. The van der Waals surface area contributed by atoms with Gasteiger partial charge in [0.15, 0.2) is 0 Å². The van der Waals surface area contributed by atoms with Crippen molar-refractivity contribution in [3.05, 3.63) is 35.9 Å². The van der Waals surface area contributed by atoms with Gasteiger partial charge in [0, 0.05) is 64.8 Å². The molecule has 0 bridgehead atoms.